The summed E-state index contributed by atoms with van der Waals surface area (Å²) in [7, 11) is 1.87. The molecule has 0 aliphatic carbocycles. The molecule has 0 bridgehead atoms. The van der Waals surface area contributed by atoms with Gasteiger partial charge in [0.25, 0.3) is 0 Å². The molecule has 0 saturated carbocycles. The number of fused-ring (bicyclic) bond motifs is 1. The predicted molar refractivity (Wildman–Crippen MR) is 91.1 cm³/mol. The van der Waals surface area contributed by atoms with Crippen LogP contribution in [0.5, 0.6) is 5.75 Å². The molecule has 3 heterocycles. The highest BCUT2D eigenvalue weighted by atomic mass is 16.5. The number of benzene rings is 1. The number of hydrogen-bond acceptors (Lipinski definition) is 4. The second-order valence-electron chi connectivity index (χ2n) is 6.60. The molecule has 2 aliphatic heterocycles. The molecule has 6 heteroatoms. The molecule has 2 aliphatic rings. The first-order valence-electron chi connectivity index (χ1n) is 8.38. The van der Waals surface area contributed by atoms with E-state index in [0.717, 1.165) is 37.5 Å². The van der Waals surface area contributed by atoms with Crippen LogP contribution in [0.4, 0.5) is 5.69 Å². The number of aryl methyl sites for hydroxylation is 2. The Morgan fingerprint density at radius 2 is 2.17 bits per heavy atom. The molecule has 0 radical (unpaired) electrons. The predicted octanol–water partition coefficient (Wildman–Crippen LogP) is 1.73. The highest BCUT2D eigenvalue weighted by Gasteiger charge is 2.37. The zero-order chi connectivity index (χ0) is 16.7. The van der Waals surface area contributed by atoms with E-state index in [-0.39, 0.29) is 11.9 Å². The van der Waals surface area contributed by atoms with Gasteiger partial charge in [0.05, 0.1) is 17.9 Å². The van der Waals surface area contributed by atoms with E-state index in [1.54, 1.807) is 10.9 Å². The zero-order valence-electron chi connectivity index (χ0n) is 14.1. The van der Waals surface area contributed by atoms with Gasteiger partial charge >= 0.3 is 0 Å². The summed E-state index contributed by atoms with van der Waals surface area (Å²) in [5.41, 5.74) is 3.27. The lowest BCUT2D eigenvalue weighted by Crippen LogP contribution is -2.42. The Hall–Kier alpha value is -2.34. The maximum absolute atomic E-state index is 12.9. The van der Waals surface area contributed by atoms with Crippen LogP contribution in [0, 0.1) is 6.92 Å². The summed E-state index contributed by atoms with van der Waals surface area (Å²) in [5, 5.41) is 4.18. The molecule has 1 atom stereocenters. The van der Waals surface area contributed by atoms with E-state index in [2.05, 4.69) is 29.1 Å². The Labute approximate surface area is 141 Å². The minimum Gasteiger partial charge on any atom is -0.492 e. The van der Waals surface area contributed by atoms with Crippen LogP contribution < -0.4 is 9.64 Å². The number of rotatable bonds is 2. The monoisotopic (exact) mass is 326 g/mol. The molecular weight excluding hydrogens is 304 g/mol. The number of aromatic nitrogens is 2. The lowest BCUT2D eigenvalue weighted by Gasteiger charge is -2.25. The topological polar surface area (TPSA) is 50.6 Å². The molecule has 2 aromatic rings. The van der Waals surface area contributed by atoms with Gasteiger partial charge in [-0.3, -0.25) is 14.4 Å². The van der Waals surface area contributed by atoms with Crippen LogP contribution in [0.15, 0.2) is 30.6 Å². The minimum atomic E-state index is -0.0831. The maximum Gasteiger partial charge on any atom is 0.244 e. The van der Waals surface area contributed by atoms with E-state index >= 15 is 0 Å². The molecule has 1 unspecified atom stereocenters. The highest BCUT2D eigenvalue weighted by Crippen LogP contribution is 2.29. The highest BCUT2D eigenvalue weighted by molar-refractivity contribution is 5.99. The Morgan fingerprint density at radius 3 is 2.96 bits per heavy atom. The molecule has 1 amide bonds. The Kier molecular flexibility index (Phi) is 3.76. The number of carbonyl (C=O) groups is 1. The molecule has 4 rings (SSSR count). The fraction of sp³-hybridized carbons (Fsp3) is 0.444. The molecule has 1 aromatic carbocycles. The smallest absolute Gasteiger partial charge is 0.244 e. The second-order valence-corrected chi connectivity index (χ2v) is 6.60. The fourth-order valence-corrected chi connectivity index (χ4v) is 3.62. The summed E-state index contributed by atoms with van der Waals surface area (Å²) >= 11 is 0. The van der Waals surface area contributed by atoms with Crippen molar-refractivity contribution < 1.29 is 9.53 Å². The number of anilines is 1. The van der Waals surface area contributed by atoms with Crippen molar-refractivity contribution in [1.82, 2.24) is 14.7 Å². The average molecular weight is 326 g/mol. The van der Waals surface area contributed by atoms with Crippen molar-refractivity contribution in [2.45, 2.75) is 25.9 Å². The molecule has 1 fully saturated rings. The molecule has 0 N–H and O–H groups in total. The van der Waals surface area contributed by atoms with Gasteiger partial charge < -0.3 is 9.64 Å². The van der Waals surface area contributed by atoms with E-state index < -0.39 is 0 Å². The van der Waals surface area contributed by atoms with E-state index in [9.17, 15) is 4.79 Å². The van der Waals surface area contributed by atoms with Gasteiger partial charge in [-0.15, -0.1) is 0 Å². The van der Waals surface area contributed by atoms with Crippen LogP contribution in [0.25, 0.3) is 0 Å². The van der Waals surface area contributed by atoms with Crippen LogP contribution in [0.1, 0.15) is 17.5 Å². The van der Waals surface area contributed by atoms with Gasteiger partial charge in [0, 0.05) is 38.4 Å². The third-order valence-electron chi connectivity index (χ3n) is 4.85. The van der Waals surface area contributed by atoms with Crippen molar-refractivity contribution in [3.05, 3.63) is 41.7 Å². The summed E-state index contributed by atoms with van der Waals surface area (Å²) < 4.78 is 7.59. The fourth-order valence-electron chi connectivity index (χ4n) is 3.62. The lowest BCUT2D eigenvalue weighted by molar-refractivity contribution is -0.121. The quantitative estimate of drug-likeness (QED) is 0.843. The molecule has 1 aromatic heterocycles. The second kappa shape index (κ2) is 5.94. The van der Waals surface area contributed by atoms with E-state index in [0.29, 0.717) is 6.61 Å². The lowest BCUT2D eigenvalue weighted by atomic mass is 10.1. The number of carbonyl (C=O) groups excluding carboxylic acids is 1. The Bertz CT molecular complexity index is 770. The molecule has 6 nitrogen and oxygen atoms in total. The van der Waals surface area contributed by atoms with E-state index in [4.69, 9.17) is 4.74 Å². The van der Waals surface area contributed by atoms with Crippen LogP contribution >= 0.6 is 0 Å². The number of amides is 1. The van der Waals surface area contributed by atoms with Crippen LogP contribution in [-0.4, -0.2) is 46.3 Å². The average Bonchev–Trinajstić information content (AvgIpc) is 3.07. The number of nitrogens with zero attached hydrogens (tertiary/aromatic N) is 4. The van der Waals surface area contributed by atoms with Crippen molar-refractivity contribution in [1.29, 1.82) is 0 Å². The zero-order valence-corrected chi connectivity index (χ0v) is 14.1. The van der Waals surface area contributed by atoms with Crippen molar-refractivity contribution in [2.75, 3.05) is 24.6 Å². The third kappa shape index (κ3) is 2.67. The SMILES string of the molecule is Cc1ccc2c(c1)CN(C1CCN(c3cnn(C)c3)C1=O)CCO2. The van der Waals surface area contributed by atoms with Crippen molar-refractivity contribution >= 4 is 11.6 Å². The maximum atomic E-state index is 12.9. The van der Waals surface area contributed by atoms with Crippen molar-refractivity contribution in [2.24, 2.45) is 7.05 Å². The molecule has 24 heavy (non-hydrogen) atoms. The van der Waals surface area contributed by atoms with Crippen molar-refractivity contribution in [3.8, 4) is 5.75 Å². The summed E-state index contributed by atoms with van der Waals surface area (Å²) in [6.45, 7) is 4.97. The van der Waals surface area contributed by atoms with Crippen LogP contribution in [0.2, 0.25) is 0 Å². The van der Waals surface area contributed by atoms with Crippen LogP contribution in [0.3, 0.4) is 0 Å². The van der Waals surface area contributed by atoms with Gasteiger partial charge in [0.1, 0.15) is 12.4 Å². The van der Waals surface area contributed by atoms with Gasteiger partial charge in [-0.25, -0.2) is 0 Å². The Balaban J connectivity index is 1.55. The van der Waals surface area contributed by atoms with Gasteiger partial charge in [-0.1, -0.05) is 17.7 Å². The van der Waals surface area contributed by atoms with Crippen LogP contribution in [-0.2, 0) is 18.4 Å². The van der Waals surface area contributed by atoms with E-state index in [1.165, 1.54) is 11.1 Å². The molecule has 126 valence electrons. The minimum absolute atomic E-state index is 0.0831. The summed E-state index contributed by atoms with van der Waals surface area (Å²) in [4.78, 5) is 17.0. The van der Waals surface area contributed by atoms with Gasteiger partial charge in [-0.2, -0.15) is 5.10 Å². The Morgan fingerprint density at radius 1 is 1.29 bits per heavy atom. The summed E-state index contributed by atoms with van der Waals surface area (Å²) in [5.74, 6) is 1.11. The normalized spacial score (nSPS) is 21.5. The molecule has 1 saturated heterocycles. The first-order valence-corrected chi connectivity index (χ1v) is 8.38. The number of hydrogen-bond donors (Lipinski definition) is 0. The first-order chi connectivity index (χ1) is 11.6. The first kappa shape index (κ1) is 15.2. The number of ether oxygens (including phenoxy) is 1. The van der Waals surface area contributed by atoms with Gasteiger partial charge in [0.15, 0.2) is 0 Å². The largest absolute Gasteiger partial charge is 0.492 e. The summed E-state index contributed by atoms with van der Waals surface area (Å²) in [6.07, 6.45) is 4.49. The van der Waals surface area contributed by atoms with E-state index in [1.807, 2.05) is 24.2 Å². The third-order valence-corrected chi connectivity index (χ3v) is 4.85. The standard InChI is InChI=1S/C18H22N4O2/c1-13-3-4-17-14(9-13)11-21(7-8-24-17)16-5-6-22(18(16)23)15-10-19-20(2)12-15/h3-4,9-10,12,16H,5-8,11H2,1-2H3. The molecular formula is C18H22N4O2. The van der Waals surface area contributed by atoms with Gasteiger partial charge in [0.2, 0.25) is 5.91 Å². The van der Waals surface area contributed by atoms with Gasteiger partial charge in [-0.05, 0) is 19.4 Å². The summed E-state index contributed by atoms with van der Waals surface area (Å²) in [6, 6.07) is 6.18. The molecule has 0 spiro atoms. The van der Waals surface area contributed by atoms with Crippen molar-refractivity contribution in [3.63, 3.8) is 0 Å².